The van der Waals surface area contributed by atoms with Crippen LogP contribution in [-0.4, -0.2) is 71.4 Å². The van der Waals surface area contributed by atoms with Crippen LogP contribution in [0.15, 0.2) is 40.5 Å². The molecule has 1 aliphatic rings. The van der Waals surface area contributed by atoms with Crippen LogP contribution in [0.2, 0.25) is 0 Å². The summed E-state index contributed by atoms with van der Waals surface area (Å²) in [6, 6.07) is 3.16. The van der Waals surface area contributed by atoms with Crippen LogP contribution in [0.1, 0.15) is 49.8 Å². The molecule has 0 aliphatic carbocycles. The summed E-state index contributed by atoms with van der Waals surface area (Å²) in [6.45, 7) is 7.35. The fourth-order valence-electron chi connectivity index (χ4n) is 3.69. The van der Waals surface area contributed by atoms with Crippen molar-refractivity contribution in [1.29, 1.82) is 5.41 Å². The molecule has 0 radical (unpaired) electrons. The molecule has 0 spiro atoms. The number of aromatic nitrogens is 3. The minimum Gasteiger partial charge on any atom is -0.398 e. The zero-order chi connectivity index (χ0) is 25.4. The van der Waals surface area contributed by atoms with Crippen LogP contribution in [0.3, 0.4) is 0 Å². The van der Waals surface area contributed by atoms with Gasteiger partial charge in [0, 0.05) is 61.8 Å². The zero-order valence-corrected chi connectivity index (χ0v) is 20.4. The Morgan fingerprint density at radius 1 is 1.34 bits per heavy atom. The number of aliphatic imine (C=N–C) groups is 1. The first kappa shape index (κ1) is 26.4. The highest BCUT2D eigenvalue weighted by Gasteiger charge is 2.19. The number of hydrogen-bond acceptors (Lipinski definition) is 7. The monoisotopic (exact) mass is 485 g/mol. The van der Waals surface area contributed by atoms with E-state index < -0.39 is 11.6 Å². The number of likely N-dealkylation sites (tertiary alicyclic amines) is 1. The number of nitrogens with zero attached hydrogens (tertiary/aromatic N) is 4. The maximum atomic E-state index is 14.4. The molecule has 0 saturated carbocycles. The van der Waals surface area contributed by atoms with Crippen LogP contribution in [0.25, 0.3) is 6.08 Å². The number of nitrogens with one attached hydrogen (secondary N) is 2. The Kier molecular flexibility index (Phi) is 9.39. The highest BCUT2D eigenvalue weighted by atomic mass is 19.1. The molecule has 1 saturated heterocycles. The standard InChI is InChI=1S/C25H33F2N7O/c1-16(2)25-31-23(32-33-25)7-6-22(28)20(24(29)19-5-4-17(26)14-21(19)27)15-30-18-8-10-34(11-9-18)12-13-35-3/h4-7,14-16,18,29H,8-13,28H2,1-3H3,(H,31,32,33)/b7-6-,22-20?,29-24?,30-15?. The predicted octanol–water partition coefficient (Wildman–Crippen LogP) is 3.68. The van der Waals surface area contributed by atoms with Crippen molar-refractivity contribution in [1.82, 2.24) is 20.1 Å². The molecule has 10 heteroatoms. The summed E-state index contributed by atoms with van der Waals surface area (Å²) in [5.74, 6) is -0.171. The van der Waals surface area contributed by atoms with Gasteiger partial charge in [-0.25, -0.2) is 13.8 Å². The summed E-state index contributed by atoms with van der Waals surface area (Å²) in [4.78, 5) is 11.4. The van der Waals surface area contributed by atoms with Crippen LogP contribution in [0, 0.1) is 17.0 Å². The highest BCUT2D eigenvalue weighted by Crippen LogP contribution is 2.18. The number of allylic oxidation sites excluding steroid dienone is 2. The number of aromatic amines is 1. The summed E-state index contributed by atoms with van der Waals surface area (Å²) in [5.41, 5.74) is 6.53. The van der Waals surface area contributed by atoms with Gasteiger partial charge in [-0.15, -0.1) is 0 Å². The zero-order valence-electron chi connectivity index (χ0n) is 20.4. The Morgan fingerprint density at radius 3 is 2.71 bits per heavy atom. The van der Waals surface area contributed by atoms with E-state index in [9.17, 15) is 8.78 Å². The number of hydrogen-bond donors (Lipinski definition) is 3. The van der Waals surface area contributed by atoms with Gasteiger partial charge in [-0.2, -0.15) is 5.10 Å². The second kappa shape index (κ2) is 12.5. The number of H-pyrrole nitrogens is 1. The first-order valence-electron chi connectivity index (χ1n) is 11.7. The second-order valence-corrected chi connectivity index (χ2v) is 8.78. The number of halogens is 2. The van der Waals surface area contributed by atoms with Crippen LogP contribution in [0.4, 0.5) is 8.78 Å². The fraction of sp³-hybridized carbons (Fsp3) is 0.440. The summed E-state index contributed by atoms with van der Waals surface area (Å²) < 4.78 is 33.0. The maximum Gasteiger partial charge on any atom is 0.173 e. The Balaban J connectivity index is 1.84. The third-order valence-corrected chi connectivity index (χ3v) is 5.84. The Morgan fingerprint density at radius 2 is 2.09 bits per heavy atom. The molecule has 1 aromatic carbocycles. The summed E-state index contributed by atoms with van der Waals surface area (Å²) >= 11 is 0. The molecule has 1 fully saturated rings. The third kappa shape index (κ3) is 7.37. The molecular formula is C25H33F2N7O. The van der Waals surface area contributed by atoms with E-state index in [0.29, 0.717) is 12.4 Å². The van der Waals surface area contributed by atoms with Crippen LogP contribution in [-0.2, 0) is 4.74 Å². The van der Waals surface area contributed by atoms with Gasteiger partial charge in [0.15, 0.2) is 5.82 Å². The average molecular weight is 486 g/mol. The van der Waals surface area contributed by atoms with Gasteiger partial charge in [-0.3, -0.25) is 15.5 Å². The quantitative estimate of drug-likeness (QED) is 0.351. The summed E-state index contributed by atoms with van der Waals surface area (Å²) in [5, 5.41) is 15.6. The molecule has 0 unspecified atom stereocenters. The molecule has 0 amide bonds. The number of piperidine rings is 1. The summed E-state index contributed by atoms with van der Waals surface area (Å²) in [6.07, 6.45) is 6.43. The topological polar surface area (TPSA) is 116 Å². The lowest BCUT2D eigenvalue weighted by atomic mass is 10.00. The van der Waals surface area contributed by atoms with Gasteiger partial charge >= 0.3 is 0 Å². The van der Waals surface area contributed by atoms with E-state index in [-0.39, 0.29) is 34.5 Å². The van der Waals surface area contributed by atoms with Crippen molar-refractivity contribution >= 4 is 18.0 Å². The second-order valence-electron chi connectivity index (χ2n) is 8.78. The van der Waals surface area contributed by atoms with Gasteiger partial charge in [0.1, 0.15) is 17.5 Å². The molecule has 3 rings (SSSR count). The SMILES string of the molecule is COCCN1CCC(N=CC(C(=N)c2ccc(F)cc2F)=C(N)/C=C\c2n[nH]c(C(C)C)n2)CC1. The van der Waals surface area contributed by atoms with Gasteiger partial charge in [0.25, 0.3) is 0 Å². The number of benzene rings is 1. The van der Waals surface area contributed by atoms with Crippen molar-refractivity contribution in [2.45, 2.75) is 38.6 Å². The molecule has 0 atom stereocenters. The van der Waals surface area contributed by atoms with Gasteiger partial charge in [0.05, 0.1) is 18.4 Å². The normalized spacial score (nSPS) is 16.5. The molecule has 2 heterocycles. The maximum absolute atomic E-state index is 14.4. The van der Waals surface area contributed by atoms with E-state index in [1.807, 2.05) is 13.8 Å². The van der Waals surface area contributed by atoms with Crippen molar-refractivity contribution in [3.05, 3.63) is 64.4 Å². The van der Waals surface area contributed by atoms with E-state index in [0.717, 1.165) is 50.4 Å². The molecule has 1 aliphatic heterocycles. The van der Waals surface area contributed by atoms with E-state index in [2.05, 4.69) is 25.1 Å². The van der Waals surface area contributed by atoms with Crippen molar-refractivity contribution in [2.75, 3.05) is 33.4 Å². The molecule has 1 aromatic heterocycles. The summed E-state index contributed by atoms with van der Waals surface area (Å²) in [7, 11) is 1.69. The van der Waals surface area contributed by atoms with Gasteiger partial charge in [0.2, 0.25) is 0 Å². The van der Waals surface area contributed by atoms with Crippen molar-refractivity contribution < 1.29 is 13.5 Å². The molecular weight excluding hydrogens is 452 g/mol. The number of ether oxygens (including phenoxy) is 1. The molecule has 8 nitrogen and oxygen atoms in total. The van der Waals surface area contributed by atoms with E-state index in [1.165, 1.54) is 12.3 Å². The van der Waals surface area contributed by atoms with Crippen LogP contribution >= 0.6 is 0 Å². The number of methoxy groups -OCH3 is 1. The van der Waals surface area contributed by atoms with Gasteiger partial charge in [-0.1, -0.05) is 13.8 Å². The lowest BCUT2D eigenvalue weighted by Gasteiger charge is -2.29. The Labute approximate surface area is 204 Å². The van der Waals surface area contributed by atoms with Crippen molar-refractivity contribution in [3.8, 4) is 0 Å². The Hall–Kier alpha value is -3.24. The Bertz CT molecular complexity index is 1100. The van der Waals surface area contributed by atoms with Crippen molar-refractivity contribution in [2.24, 2.45) is 10.7 Å². The average Bonchev–Trinajstić information content (AvgIpc) is 3.32. The fourth-order valence-corrected chi connectivity index (χ4v) is 3.69. The molecule has 188 valence electrons. The minimum atomic E-state index is -0.834. The highest BCUT2D eigenvalue weighted by molar-refractivity contribution is 6.23. The van der Waals surface area contributed by atoms with Crippen LogP contribution in [0.5, 0.6) is 0 Å². The van der Waals surface area contributed by atoms with Gasteiger partial charge < -0.3 is 15.4 Å². The number of nitrogens with two attached hydrogens (primary N) is 1. The third-order valence-electron chi connectivity index (χ3n) is 5.84. The lowest BCUT2D eigenvalue weighted by Crippen LogP contribution is -2.37. The molecule has 35 heavy (non-hydrogen) atoms. The molecule has 2 aromatic rings. The smallest absolute Gasteiger partial charge is 0.173 e. The van der Waals surface area contributed by atoms with E-state index >= 15 is 0 Å². The largest absolute Gasteiger partial charge is 0.398 e. The van der Waals surface area contributed by atoms with Gasteiger partial charge in [-0.05, 0) is 37.1 Å². The molecule has 4 N–H and O–H groups in total. The van der Waals surface area contributed by atoms with E-state index in [1.54, 1.807) is 19.3 Å². The van der Waals surface area contributed by atoms with Crippen LogP contribution < -0.4 is 5.73 Å². The lowest BCUT2D eigenvalue weighted by molar-refractivity contribution is 0.131. The first-order valence-corrected chi connectivity index (χ1v) is 11.7. The minimum absolute atomic E-state index is 0.0569. The molecule has 0 bridgehead atoms. The van der Waals surface area contributed by atoms with Crippen molar-refractivity contribution in [3.63, 3.8) is 0 Å². The van der Waals surface area contributed by atoms with E-state index in [4.69, 9.17) is 15.9 Å². The first-order chi connectivity index (χ1) is 16.8. The predicted molar refractivity (Wildman–Crippen MR) is 134 cm³/mol. The number of rotatable bonds is 10.